The third kappa shape index (κ3) is 3.04. The van der Waals surface area contributed by atoms with Gasteiger partial charge < -0.3 is 25.3 Å². The van der Waals surface area contributed by atoms with E-state index in [1.165, 1.54) is 0 Å². The fourth-order valence-corrected chi connectivity index (χ4v) is 2.30. The van der Waals surface area contributed by atoms with E-state index in [2.05, 4.69) is 0 Å². The SMILES string of the molecule is CC(C)(O)COc1ccc(Cl)c2c1B(O)OC2CN. The molecule has 1 aromatic carbocycles. The number of aliphatic hydroxyl groups is 1. The Hall–Kier alpha value is -0.785. The van der Waals surface area contributed by atoms with Gasteiger partial charge in [0.2, 0.25) is 0 Å². The molecule has 1 unspecified atom stereocenters. The van der Waals surface area contributed by atoms with Gasteiger partial charge in [-0.2, -0.15) is 0 Å². The second-order valence-corrected chi connectivity index (χ2v) is 5.59. The van der Waals surface area contributed by atoms with Crippen molar-refractivity contribution in [2.24, 2.45) is 5.73 Å². The third-order valence-corrected chi connectivity index (χ3v) is 3.18. The van der Waals surface area contributed by atoms with Gasteiger partial charge in [0.1, 0.15) is 12.4 Å². The van der Waals surface area contributed by atoms with Crippen LogP contribution < -0.4 is 15.9 Å². The molecule has 1 aromatic rings. The van der Waals surface area contributed by atoms with Crippen LogP contribution in [0.3, 0.4) is 0 Å². The molecule has 0 aliphatic carbocycles. The van der Waals surface area contributed by atoms with Crippen LogP contribution in [0.5, 0.6) is 5.75 Å². The van der Waals surface area contributed by atoms with Crippen molar-refractivity contribution in [2.45, 2.75) is 25.6 Å². The molecular weight excluding hydrogens is 268 g/mol. The molecule has 0 saturated carbocycles. The molecule has 4 N–H and O–H groups in total. The van der Waals surface area contributed by atoms with Crippen LogP contribution in [0.15, 0.2) is 12.1 Å². The zero-order valence-electron chi connectivity index (χ0n) is 10.9. The number of nitrogens with two attached hydrogens (primary N) is 1. The maximum absolute atomic E-state index is 9.94. The monoisotopic (exact) mass is 285 g/mol. The van der Waals surface area contributed by atoms with Gasteiger partial charge in [-0.1, -0.05) is 11.6 Å². The van der Waals surface area contributed by atoms with Gasteiger partial charge in [0.25, 0.3) is 0 Å². The van der Waals surface area contributed by atoms with Crippen LogP contribution >= 0.6 is 11.6 Å². The number of hydrogen-bond acceptors (Lipinski definition) is 5. The van der Waals surface area contributed by atoms with Crippen LogP contribution in [0.25, 0.3) is 0 Å². The van der Waals surface area contributed by atoms with Gasteiger partial charge in [0, 0.05) is 22.6 Å². The van der Waals surface area contributed by atoms with E-state index in [-0.39, 0.29) is 13.2 Å². The Bertz CT molecular complexity index is 478. The largest absolute Gasteiger partial charge is 0.495 e. The summed E-state index contributed by atoms with van der Waals surface area (Å²) in [6, 6.07) is 3.32. The zero-order chi connectivity index (χ0) is 14.2. The highest BCUT2D eigenvalue weighted by molar-refractivity contribution is 6.63. The van der Waals surface area contributed by atoms with E-state index in [0.717, 1.165) is 0 Å². The maximum Gasteiger partial charge on any atom is 0.495 e. The van der Waals surface area contributed by atoms with Crippen LogP contribution in [0.2, 0.25) is 5.02 Å². The summed E-state index contributed by atoms with van der Waals surface area (Å²) in [4.78, 5) is 0. The van der Waals surface area contributed by atoms with Crippen LogP contribution in [0, 0.1) is 0 Å². The predicted molar refractivity (Wildman–Crippen MR) is 73.7 cm³/mol. The van der Waals surface area contributed by atoms with E-state index in [1.54, 1.807) is 26.0 Å². The van der Waals surface area contributed by atoms with E-state index in [9.17, 15) is 10.1 Å². The molecule has 0 aromatic heterocycles. The van der Waals surface area contributed by atoms with Gasteiger partial charge in [-0.3, -0.25) is 0 Å². The van der Waals surface area contributed by atoms with Crippen molar-refractivity contribution in [3.63, 3.8) is 0 Å². The first-order valence-electron chi connectivity index (χ1n) is 6.04. The molecule has 19 heavy (non-hydrogen) atoms. The lowest BCUT2D eigenvalue weighted by Crippen LogP contribution is -2.33. The molecule has 1 atom stereocenters. The Morgan fingerprint density at radius 2 is 2.21 bits per heavy atom. The summed E-state index contributed by atoms with van der Waals surface area (Å²) in [5.41, 5.74) is 5.78. The Labute approximate surface area is 117 Å². The molecule has 1 aliphatic heterocycles. The van der Waals surface area contributed by atoms with E-state index in [1.807, 2.05) is 0 Å². The molecule has 5 nitrogen and oxygen atoms in total. The number of ether oxygens (including phenoxy) is 1. The summed E-state index contributed by atoms with van der Waals surface area (Å²) in [6.45, 7) is 3.59. The molecule has 0 fully saturated rings. The number of halogens is 1. The van der Waals surface area contributed by atoms with Crippen LogP contribution in [0.1, 0.15) is 25.5 Å². The highest BCUT2D eigenvalue weighted by atomic mass is 35.5. The van der Waals surface area contributed by atoms with Crippen LogP contribution in [-0.2, 0) is 4.65 Å². The van der Waals surface area contributed by atoms with Crippen molar-refractivity contribution in [1.29, 1.82) is 0 Å². The molecule has 0 radical (unpaired) electrons. The van der Waals surface area contributed by atoms with Gasteiger partial charge in [0.15, 0.2) is 0 Å². The standard InChI is InChI=1S/C12H17BClNO4/c1-12(2,16)6-18-8-4-3-7(14)10-9(5-15)19-13(17)11(8)10/h3-4,9,16-17H,5-6,15H2,1-2H3. The quantitative estimate of drug-likeness (QED) is 0.689. The van der Waals surface area contributed by atoms with Crippen molar-refractivity contribution in [1.82, 2.24) is 0 Å². The minimum Gasteiger partial charge on any atom is -0.491 e. The molecule has 0 spiro atoms. The van der Waals surface area contributed by atoms with Crippen LogP contribution in [0.4, 0.5) is 0 Å². The molecule has 104 valence electrons. The van der Waals surface area contributed by atoms with Crippen molar-refractivity contribution in [2.75, 3.05) is 13.2 Å². The van der Waals surface area contributed by atoms with E-state index >= 15 is 0 Å². The van der Waals surface area contributed by atoms with Gasteiger partial charge in [-0.25, -0.2) is 0 Å². The molecular formula is C12H17BClNO4. The molecule has 1 aliphatic rings. The Balaban J connectivity index is 2.35. The summed E-state index contributed by atoms with van der Waals surface area (Å²) >= 11 is 6.12. The first kappa shape index (κ1) is 14.6. The first-order chi connectivity index (χ1) is 8.83. The average molecular weight is 286 g/mol. The number of fused-ring (bicyclic) bond motifs is 1. The summed E-state index contributed by atoms with van der Waals surface area (Å²) < 4.78 is 10.9. The second-order valence-electron chi connectivity index (χ2n) is 5.19. The summed E-state index contributed by atoms with van der Waals surface area (Å²) in [6.07, 6.45) is -0.441. The minimum atomic E-state index is -1.11. The zero-order valence-corrected chi connectivity index (χ0v) is 11.6. The van der Waals surface area contributed by atoms with Gasteiger partial charge >= 0.3 is 7.12 Å². The normalized spacial score (nSPS) is 18.6. The Morgan fingerprint density at radius 3 is 2.79 bits per heavy atom. The lowest BCUT2D eigenvalue weighted by atomic mass is 9.78. The van der Waals surface area contributed by atoms with Crippen molar-refractivity contribution in [3.8, 4) is 5.75 Å². The second kappa shape index (κ2) is 5.30. The lowest BCUT2D eigenvalue weighted by Gasteiger charge is -2.19. The summed E-state index contributed by atoms with van der Waals surface area (Å²) in [5.74, 6) is 0.449. The topological polar surface area (TPSA) is 84.9 Å². The highest BCUT2D eigenvalue weighted by Crippen LogP contribution is 2.33. The predicted octanol–water partition coefficient (Wildman–Crippen LogP) is 0.207. The minimum absolute atomic E-state index is 0.0983. The van der Waals surface area contributed by atoms with E-state index < -0.39 is 18.8 Å². The Morgan fingerprint density at radius 1 is 1.53 bits per heavy atom. The molecule has 7 heteroatoms. The molecule has 0 amide bonds. The number of benzene rings is 1. The fraction of sp³-hybridized carbons (Fsp3) is 0.500. The number of hydrogen-bond donors (Lipinski definition) is 3. The van der Waals surface area contributed by atoms with E-state index in [4.69, 9.17) is 26.7 Å². The van der Waals surface area contributed by atoms with Crippen molar-refractivity contribution >= 4 is 24.2 Å². The maximum atomic E-state index is 9.94. The lowest BCUT2D eigenvalue weighted by molar-refractivity contribution is 0.0288. The molecule has 0 bridgehead atoms. The van der Waals surface area contributed by atoms with Gasteiger partial charge in [0.05, 0.1) is 11.7 Å². The molecule has 0 saturated heterocycles. The highest BCUT2D eigenvalue weighted by Gasteiger charge is 2.39. The fourth-order valence-electron chi connectivity index (χ4n) is 2.02. The Kier molecular flexibility index (Phi) is 4.08. The summed E-state index contributed by atoms with van der Waals surface area (Å²) in [7, 11) is -1.11. The summed E-state index contributed by atoms with van der Waals surface area (Å²) in [5, 5.41) is 20.1. The number of rotatable bonds is 4. The van der Waals surface area contributed by atoms with Crippen molar-refractivity contribution in [3.05, 3.63) is 22.7 Å². The van der Waals surface area contributed by atoms with E-state index in [0.29, 0.717) is 21.8 Å². The van der Waals surface area contributed by atoms with Crippen LogP contribution in [-0.4, -0.2) is 36.0 Å². The average Bonchev–Trinajstić information content (AvgIpc) is 2.66. The van der Waals surface area contributed by atoms with Gasteiger partial charge in [-0.15, -0.1) is 0 Å². The molecule has 2 rings (SSSR count). The molecule has 1 heterocycles. The van der Waals surface area contributed by atoms with Crippen molar-refractivity contribution < 1.29 is 19.5 Å². The first-order valence-corrected chi connectivity index (χ1v) is 6.42. The smallest absolute Gasteiger partial charge is 0.491 e. The van der Waals surface area contributed by atoms with Gasteiger partial charge in [-0.05, 0) is 26.0 Å². The third-order valence-electron chi connectivity index (χ3n) is 2.85.